The van der Waals surface area contributed by atoms with E-state index in [0.29, 0.717) is 6.61 Å². The van der Waals surface area contributed by atoms with E-state index >= 15 is 0 Å². The van der Waals surface area contributed by atoms with Crippen molar-refractivity contribution < 1.29 is 9.47 Å². The molecular weight excluding hydrogens is 284 g/mol. The number of ether oxygens (including phenoxy) is 2. The van der Waals surface area contributed by atoms with Crippen molar-refractivity contribution in [1.29, 1.82) is 0 Å². The van der Waals surface area contributed by atoms with Crippen LogP contribution in [0.15, 0.2) is 12.1 Å². The predicted molar refractivity (Wildman–Crippen MR) is 86.6 cm³/mol. The van der Waals surface area contributed by atoms with E-state index in [0.717, 1.165) is 23.8 Å². The summed E-state index contributed by atoms with van der Waals surface area (Å²) in [5, 5.41) is 4.20. The van der Waals surface area contributed by atoms with Crippen LogP contribution in [-0.2, 0) is 4.74 Å². The molecule has 1 saturated heterocycles. The van der Waals surface area contributed by atoms with Gasteiger partial charge in [-0.1, -0.05) is 6.07 Å². The molecule has 0 spiro atoms. The fraction of sp³-hybridized carbons (Fsp3) is 0.562. The molecule has 1 fully saturated rings. The van der Waals surface area contributed by atoms with Crippen LogP contribution in [-0.4, -0.2) is 36.0 Å². The SMILES string of the molecule is COCCN1C(=S)NC2CC1(C)Oc1cc(C)c(C)cc12. The lowest BCUT2D eigenvalue weighted by molar-refractivity contribution is -0.0740. The Kier molecular flexibility index (Phi) is 3.58. The highest BCUT2D eigenvalue weighted by Crippen LogP contribution is 2.44. The second-order valence-electron chi connectivity index (χ2n) is 6.10. The third-order valence-electron chi connectivity index (χ3n) is 4.55. The van der Waals surface area contributed by atoms with Gasteiger partial charge in [-0.3, -0.25) is 0 Å². The lowest BCUT2D eigenvalue weighted by Crippen LogP contribution is -2.65. The third-order valence-corrected chi connectivity index (χ3v) is 4.89. The quantitative estimate of drug-likeness (QED) is 0.868. The van der Waals surface area contributed by atoms with Crippen molar-refractivity contribution in [2.45, 2.75) is 39.0 Å². The van der Waals surface area contributed by atoms with E-state index in [1.807, 2.05) is 0 Å². The Morgan fingerprint density at radius 1 is 1.43 bits per heavy atom. The zero-order chi connectivity index (χ0) is 15.2. The monoisotopic (exact) mass is 306 g/mol. The van der Waals surface area contributed by atoms with E-state index in [9.17, 15) is 0 Å². The van der Waals surface area contributed by atoms with Crippen molar-refractivity contribution in [2.24, 2.45) is 0 Å². The summed E-state index contributed by atoms with van der Waals surface area (Å²) in [7, 11) is 1.70. The fourth-order valence-corrected chi connectivity index (χ4v) is 3.62. The molecule has 2 bridgehead atoms. The Hall–Kier alpha value is -1.33. The van der Waals surface area contributed by atoms with Crippen LogP contribution in [0, 0.1) is 13.8 Å². The first-order valence-corrected chi connectivity index (χ1v) is 7.72. The molecular formula is C16H22N2O2S. The molecule has 0 aromatic heterocycles. The number of nitrogens with zero attached hydrogens (tertiary/aromatic N) is 1. The maximum Gasteiger partial charge on any atom is 0.184 e. The average molecular weight is 306 g/mol. The lowest BCUT2D eigenvalue weighted by Gasteiger charge is -2.52. The van der Waals surface area contributed by atoms with Gasteiger partial charge in [0, 0.05) is 25.6 Å². The second-order valence-corrected chi connectivity index (χ2v) is 6.49. The molecule has 0 saturated carbocycles. The Balaban J connectivity index is 1.99. The Labute approximate surface area is 131 Å². The zero-order valence-corrected chi connectivity index (χ0v) is 13.8. The van der Waals surface area contributed by atoms with Crippen LogP contribution in [0.25, 0.3) is 0 Å². The first-order chi connectivity index (χ1) is 9.94. The molecule has 114 valence electrons. The Bertz CT molecular complexity index is 590. The van der Waals surface area contributed by atoms with Crippen LogP contribution in [0.2, 0.25) is 0 Å². The van der Waals surface area contributed by atoms with E-state index in [1.54, 1.807) is 7.11 Å². The maximum atomic E-state index is 6.35. The summed E-state index contributed by atoms with van der Waals surface area (Å²) < 4.78 is 11.5. The molecule has 4 nitrogen and oxygen atoms in total. The van der Waals surface area contributed by atoms with Crippen LogP contribution in [0.4, 0.5) is 0 Å². The number of thiocarbonyl (C=S) groups is 1. The van der Waals surface area contributed by atoms with Crippen molar-refractivity contribution in [3.63, 3.8) is 0 Å². The molecule has 2 heterocycles. The highest BCUT2D eigenvalue weighted by molar-refractivity contribution is 7.80. The van der Waals surface area contributed by atoms with Gasteiger partial charge in [0.25, 0.3) is 0 Å². The number of aryl methyl sites for hydroxylation is 2. The van der Waals surface area contributed by atoms with Crippen molar-refractivity contribution in [3.05, 3.63) is 28.8 Å². The number of nitrogens with one attached hydrogen (secondary N) is 1. The number of benzene rings is 1. The molecule has 2 atom stereocenters. The Morgan fingerprint density at radius 2 is 2.14 bits per heavy atom. The normalized spacial score (nSPS) is 27.0. The van der Waals surface area contributed by atoms with Gasteiger partial charge in [-0.25, -0.2) is 0 Å². The van der Waals surface area contributed by atoms with Gasteiger partial charge in [0.15, 0.2) is 10.8 Å². The second kappa shape index (κ2) is 5.14. The van der Waals surface area contributed by atoms with Crippen LogP contribution >= 0.6 is 12.2 Å². The molecule has 0 amide bonds. The standard InChI is InChI=1S/C16H22N2O2S/c1-10-7-12-13-9-16(3,20-14(12)8-11(10)2)18(5-6-19-4)15(21)17-13/h7-8,13H,5-6,9H2,1-4H3,(H,17,21). The largest absolute Gasteiger partial charge is 0.468 e. The van der Waals surface area contributed by atoms with Crippen LogP contribution < -0.4 is 10.1 Å². The molecule has 0 radical (unpaired) electrons. The molecule has 2 aliphatic heterocycles. The average Bonchev–Trinajstić information content (AvgIpc) is 2.40. The highest BCUT2D eigenvalue weighted by Gasteiger charge is 2.47. The first-order valence-electron chi connectivity index (χ1n) is 7.32. The summed E-state index contributed by atoms with van der Waals surface area (Å²) in [6.45, 7) is 7.72. The van der Waals surface area contributed by atoms with Gasteiger partial charge in [-0.05, 0) is 50.2 Å². The van der Waals surface area contributed by atoms with Crippen LogP contribution in [0.1, 0.15) is 36.1 Å². The molecule has 2 unspecified atom stereocenters. The van der Waals surface area contributed by atoms with E-state index < -0.39 is 5.72 Å². The molecule has 1 aromatic carbocycles. The summed E-state index contributed by atoms with van der Waals surface area (Å²) in [6, 6.07) is 4.58. The predicted octanol–water partition coefficient (Wildman–Crippen LogP) is 2.68. The molecule has 1 N–H and O–H groups in total. The van der Waals surface area contributed by atoms with E-state index in [4.69, 9.17) is 21.7 Å². The minimum atomic E-state index is -0.403. The smallest absolute Gasteiger partial charge is 0.184 e. The molecule has 0 aliphatic carbocycles. The summed E-state index contributed by atoms with van der Waals surface area (Å²) >= 11 is 5.53. The topological polar surface area (TPSA) is 33.7 Å². The summed E-state index contributed by atoms with van der Waals surface area (Å²) in [5.41, 5.74) is 3.35. The van der Waals surface area contributed by atoms with Gasteiger partial charge in [0.1, 0.15) is 5.75 Å². The van der Waals surface area contributed by atoms with Crippen LogP contribution in [0.5, 0.6) is 5.75 Å². The molecule has 2 aliphatic rings. The minimum Gasteiger partial charge on any atom is -0.468 e. The molecule has 1 aromatic rings. The zero-order valence-electron chi connectivity index (χ0n) is 13.0. The van der Waals surface area contributed by atoms with Crippen molar-refractivity contribution in [2.75, 3.05) is 20.3 Å². The van der Waals surface area contributed by atoms with Crippen LogP contribution in [0.3, 0.4) is 0 Å². The van der Waals surface area contributed by atoms with E-state index in [-0.39, 0.29) is 6.04 Å². The first kappa shape index (κ1) is 14.6. The van der Waals surface area contributed by atoms with Crippen molar-refractivity contribution in [1.82, 2.24) is 10.2 Å². The van der Waals surface area contributed by atoms with E-state index in [2.05, 4.69) is 43.1 Å². The lowest BCUT2D eigenvalue weighted by atomic mass is 9.89. The van der Waals surface area contributed by atoms with Gasteiger partial charge < -0.3 is 19.7 Å². The Morgan fingerprint density at radius 3 is 2.86 bits per heavy atom. The fourth-order valence-electron chi connectivity index (χ4n) is 3.20. The number of rotatable bonds is 3. The molecule has 5 heteroatoms. The maximum absolute atomic E-state index is 6.35. The summed E-state index contributed by atoms with van der Waals surface area (Å²) in [5.74, 6) is 0.967. The van der Waals surface area contributed by atoms with Crippen molar-refractivity contribution in [3.8, 4) is 5.75 Å². The molecule has 3 rings (SSSR count). The number of hydrogen-bond donors (Lipinski definition) is 1. The highest BCUT2D eigenvalue weighted by atomic mass is 32.1. The van der Waals surface area contributed by atoms with Gasteiger partial charge in [-0.2, -0.15) is 0 Å². The van der Waals surface area contributed by atoms with Gasteiger partial charge in [-0.15, -0.1) is 0 Å². The van der Waals surface area contributed by atoms with Crippen molar-refractivity contribution >= 4 is 17.3 Å². The van der Waals surface area contributed by atoms with Gasteiger partial charge in [0.2, 0.25) is 0 Å². The summed E-state index contributed by atoms with van der Waals surface area (Å²) in [4.78, 5) is 2.10. The minimum absolute atomic E-state index is 0.226. The van der Waals surface area contributed by atoms with Gasteiger partial charge >= 0.3 is 0 Å². The number of hydrogen-bond acceptors (Lipinski definition) is 3. The number of methoxy groups -OCH3 is 1. The third kappa shape index (κ3) is 2.38. The van der Waals surface area contributed by atoms with E-state index in [1.165, 1.54) is 16.7 Å². The molecule has 21 heavy (non-hydrogen) atoms. The van der Waals surface area contributed by atoms with Gasteiger partial charge in [0.05, 0.1) is 12.6 Å². The number of fused-ring (bicyclic) bond motifs is 4. The summed E-state index contributed by atoms with van der Waals surface area (Å²) in [6.07, 6.45) is 0.881.